The maximum Gasteiger partial charge on any atom is 0.253 e. The van der Waals surface area contributed by atoms with Crippen LogP contribution in [-0.4, -0.2) is 34.8 Å². The molecular formula is C23H24FN3O3S. The summed E-state index contributed by atoms with van der Waals surface area (Å²) in [4.78, 5) is 30.8. The van der Waals surface area contributed by atoms with Gasteiger partial charge in [-0.25, -0.2) is 9.37 Å². The van der Waals surface area contributed by atoms with Crippen molar-refractivity contribution in [3.8, 4) is 5.75 Å². The number of rotatable bonds is 9. The van der Waals surface area contributed by atoms with Crippen molar-refractivity contribution >= 4 is 28.8 Å². The quantitative estimate of drug-likeness (QED) is 0.530. The normalized spacial score (nSPS) is 10.5. The first-order chi connectivity index (χ1) is 15.0. The van der Waals surface area contributed by atoms with Crippen LogP contribution in [0.25, 0.3) is 0 Å². The second-order valence-electron chi connectivity index (χ2n) is 6.75. The summed E-state index contributed by atoms with van der Waals surface area (Å²) >= 11 is 1.40. The first-order valence-electron chi connectivity index (χ1n) is 9.99. The Hall–Kier alpha value is -3.26. The summed E-state index contributed by atoms with van der Waals surface area (Å²) in [6.07, 6.45) is 0.132. The van der Waals surface area contributed by atoms with Gasteiger partial charge in [0.25, 0.3) is 5.91 Å². The predicted octanol–water partition coefficient (Wildman–Crippen LogP) is 4.52. The second-order valence-corrected chi connectivity index (χ2v) is 7.70. The molecule has 0 radical (unpaired) electrons. The number of carbonyl (C=O) groups is 2. The van der Waals surface area contributed by atoms with Crippen molar-refractivity contribution < 1.29 is 18.7 Å². The molecule has 0 atom stereocenters. The zero-order valence-electron chi connectivity index (χ0n) is 17.4. The minimum absolute atomic E-state index is 0.0271. The Morgan fingerprint density at radius 3 is 2.39 bits per heavy atom. The SMILES string of the molecule is CCN(CC)C(=O)c1ccc(NC(=O)Cc2csc(COc3ccc(F)cc3)n2)cc1. The van der Waals surface area contributed by atoms with Crippen molar-refractivity contribution in [3.05, 3.63) is 76.0 Å². The van der Waals surface area contributed by atoms with Crippen LogP contribution in [0, 0.1) is 5.82 Å². The summed E-state index contributed by atoms with van der Waals surface area (Å²) in [5.74, 6) is 0.0127. The third-order valence-corrected chi connectivity index (χ3v) is 5.45. The molecule has 2 aromatic carbocycles. The molecule has 1 heterocycles. The van der Waals surface area contributed by atoms with Crippen molar-refractivity contribution in [2.24, 2.45) is 0 Å². The summed E-state index contributed by atoms with van der Waals surface area (Å²) in [7, 11) is 0. The molecule has 0 aliphatic carbocycles. The lowest BCUT2D eigenvalue weighted by Gasteiger charge is -2.18. The van der Waals surface area contributed by atoms with Crippen LogP contribution in [0.4, 0.5) is 10.1 Å². The number of amides is 2. The molecule has 31 heavy (non-hydrogen) atoms. The van der Waals surface area contributed by atoms with Crippen molar-refractivity contribution in [1.29, 1.82) is 0 Å². The van der Waals surface area contributed by atoms with E-state index in [9.17, 15) is 14.0 Å². The number of nitrogens with one attached hydrogen (secondary N) is 1. The van der Waals surface area contributed by atoms with Gasteiger partial charge < -0.3 is 15.0 Å². The summed E-state index contributed by atoms with van der Waals surface area (Å²) in [6.45, 7) is 5.43. The maximum absolute atomic E-state index is 12.9. The van der Waals surface area contributed by atoms with Gasteiger partial charge in [0.1, 0.15) is 23.2 Å². The fraction of sp³-hybridized carbons (Fsp3) is 0.261. The highest BCUT2D eigenvalue weighted by atomic mass is 32.1. The van der Waals surface area contributed by atoms with E-state index < -0.39 is 0 Å². The Balaban J connectivity index is 1.50. The first-order valence-corrected chi connectivity index (χ1v) is 10.9. The lowest BCUT2D eigenvalue weighted by molar-refractivity contribution is -0.115. The Morgan fingerprint density at radius 1 is 1.06 bits per heavy atom. The van der Waals surface area contributed by atoms with E-state index >= 15 is 0 Å². The molecule has 0 saturated heterocycles. The van der Waals surface area contributed by atoms with Crippen LogP contribution in [0.2, 0.25) is 0 Å². The van der Waals surface area contributed by atoms with Gasteiger partial charge in [-0.3, -0.25) is 9.59 Å². The molecule has 0 aliphatic rings. The van der Waals surface area contributed by atoms with E-state index in [4.69, 9.17) is 4.74 Å². The topological polar surface area (TPSA) is 71.5 Å². The highest BCUT2D eigenvalue weighted by Crippen LogP contribution is 2.17. The first kappa shape index (κ1) is 22.4. The van der Waals surface area contributed by atoms with Gasteiger partial charge in [-0.2, -0.15) is 0 Å². The highest BCUT2D eigenvalue weighted by Gasteiger charge is 2.13. The number of halogens is 1. The lowest BCUT2D eigenvalue weighted by atomic mass is 10.1. The molecule has 0 aliphatic heterocycles. The number of anilines is 1. The van der Waals surface area contributed by atoms with Gasteiger partial charge in [-0.15, -0.1) is 11.3 Å². The van der Waals surface area contributed by atoms with E-state index in [2.05, 4.69) is 10.3 Å². The number of ether oxygens (including phenoxy) is 1. The maximum atomic E-state index is 12.9. The van der Waals surface area contributed by atoms with Crippen molar-refractivity contribution in [3.63, 3.8) is 0 Å². The zero-order chi connectivity index (χ0) is 22.2. The molecule has 6 nitrogen and oxygen atoms in total. The Bertz CT molecular complexity index is 1020. The molecular weight excluding hydrogens is 417 g/mol. The molecule has 0 spiro atoms. The van der Waals surface area contributed by atoms with Gasteiger partial charge in [-0.1, -0.05) is 0 Å². The van der Waals surface area contributed by atoms with Crippen LogP contribution in [0.3, 0.4) is 0 Å². The van der Waals surface area contributed by atoms with Gasteiger partial charge in [-0.05, 0) is 62.4 Å². The molecule has 8 heteroatoms. The molecule has 2 amide bonds. The van der Waals surface area contributed by atoms with E-state index in [1.54, 1.807) is 41.3 Å². The van der Waals surface area contributed by atoms with Crippen LogP contribution >= 0.6 is 11.3 Å². The molecule has 0 saturated carbocycles. The Kier molecular flexibility index (Phi) is 7.72. The molecule has 3 aromatic rings. The third-order valence-electron chi connectivity index (χ3n) is 4.58. The minimum atomic E-state index is -0.319. The molecule has 3 rings (SSSR count). The molecule has 0 bridgehead atoms. The number of hydrogen-bond acceptors (Lipinski definition) is 5. The van der Waals surface area contributed by atoms with Crippen molar-refractivity contribution in [2.75, 3.05) is 18.4 Å². The smallest absolute Gasteiger partial charge is 0.253 e. The van der Waals surface area contributed by atoms with Crippen LogP contribution < -0.4 is 10.1 Å². The van der Waals surface area contributed by atoms with E-state index in [-0.39, 0.29) is 30.7 Å². The molecule has 1 aromatic heterocycles. The fourth-order valence-corrected chi connectivity index (χ4v) is 3.64. The minimum Gasteiger partial charge on any atom is -0.486 e. The predicted molar refractivity (Wildman–Crippen MR) is 119 cm³/mol. The van der Waals surface area contributed by atoms with E-state index in [0.717, 1.165) is 5.01 Å². The van der Waals surface area contributed by atoms with Crippen LogP contribution in [0.15, 0.2) is 53.9 Å². The summed E-state index contributed by atoms with van der Waals surface area (Å²) in [5, 5.41) is 5.36. The largest absolute Gasteiger partial charge is 0.486 e. The zero-order valence-corrected chi connectivity index (χ0v) is 18.2. The fourth-order valence-electron chi connectivity index (χ4n) is 2.93. The number of aromatic nitrogens is 1. The van der Waals surface area contributed by atoms with E-state index in [1.807, 2.05) is 19.2 Å². The number of benzene rings is 2. The summed E-state index contributed by atoms with van der Waals surface area (Å²) in [6, 6.07) is 12.6. The number of thiazole rings is 1. The standard InChI is InChI=1S/C23H24FN3O3S/c1-3-27(4-2)23(29)16-5-9-18(10-6-16)25-21(28)13-19-15-31-22(26-19)14-30-20-11-7-17(24)8-12-20/h5-12,15H,3-4,13-14H2,1-2H3,(H,25,28). The van der Waals surface area contributed by atoms with Crippen molar-refractivity contribution in [2.45, 2.75) is 26.9 Å². The summed E-state index contributed by atoms with van der Waals surface area (Å²) < 4.78 is 18.5. The van der Waals surface area contributed by atoms with Crippen LogP contribution in [-0.2, 0) is 17.8 Å². The second kappa shape index (κ2) is 10.7. The average molecular weight is 442 g/mol. The number of nitrogens with zero attached hydrogens (tertiary/aromatic N) is 2. The molecule has 0 fully saturated rings. The van der Waals surface area contributed by atoms with Gasteiger partial charge in [0.15, 0.2) is 0 Å². The molecule has 1 N–H and O–H groups in total. The van der Waals surface area contributed by atoms with Gasteiger partial charge in [0.2, 0.25) is 5.91 Å². The number of carbonyl (C=O) groups excluding carboxylic acids is 2. The van der Waals surface area contributed by atoms with Gasteiger partial charge in [0, 0.05) is 29.7 Å². The summed E-state index contributed by atoms with van der Waals surface area (Å²) in [5.41, 5.74) is 1.86. The van der Waals surface area contributed by atoms with Crippen LogP contribution in [0.1, 0.15) is 34.9 Å². The van der Waals surface area contributed by atoms with Gasteiger partial charge >= 0.3 is 0 Å². The Morgan fingerprint density at radius 2 is 1.74 bits per heavy atom. The molecule has 0 unspecified atom stereocenters. The average Bonchev–Trinajstić information content (AvgIpc) is 3.21. The van der Waals surface area contributed by atoms with Crippen molar-refractivity contribution in [1.82, 2.24) is 9.88 Å². The van der Waals surface area contributed by atoms with E-state index in [0.29, 0.717) is 35.8 Å². The lowest BCUT2D eigenvalue weighted by Crippen LogP contribution is -2.30. The monoisotopic (exact) mass is 441 g/mol. The molecule has 162 valence electrons. The Labute approximate surface area is 184 Å². The highest BCUT2D eigenvalue weighted by molar-refractivity contribution is 7.09. The van der Waals surface area contributed by atoms with E-state index in [1.165, 1.54) is 23.5 Å². The van der Waals surface area contributed by atoms with Gasteiger partial charge in [0.05, 0.1) is 12.1 Å². The third kappa shape index (κ3) is 6.36. The van der Waals surface area contributed by atoms with Crippen LogP contribution in [0.5, 0.6) is 5.75 Å². The number of hydrogen-bond donors (Lipinski definition) is 1.